The van der Waals surface area contributed by atoms with Crippen molar-refractivity contribution in [2.24, 2.45) is 0 Å². The molecule has 6 heteroatoms. The van der Waals surface area contributed by atoms with E-state index in [1.165, 1.54) is 0 Å². The number of morpholine rings is 1. The Kier molecular flexibility index (Phi) is 5.05. The SMILES string of the molecule is CN(CC1CNCCO1)C(=O)c1c(Cl)cccc1Cl. The molecule has 1 fully saturated rings. The van der Waals surface area contributed by atoms with Gasteiger partial charge >= 0.3 is 0 Å². The lowest BCUT2D eigenvalue weighted by molar-refractivity contribution is 0.0104. The van der Waals surface area contributed by atoms with Crippen molar-refractivity contribution in [3.05, 3.63) is 33.8 Å². The maximum Gasteiger partial charge on any atom is 0.256 e. The number of hydrogen-bond donors (Lipinski definition) is 1. The minimum Gasteiger partial charge on any atom is -0.374 e. The summed E-state index contributed by atoms with van der Waals surface area (Å²) in [6.07, 6.45) is 0.00367. The van der Waals surface area contributed by atoms with Crippen LogP contribution in [0.1, 0.15) is 10.4 Å². The first-order valence-corrected chi connectivity index (χ1v) is 6.87. The van der Waals surface area contributed by atoms with E-state index < -0.39 is 0 Å². The molecule has 0 aromatic heterocycles. The van der Waals surface area contributed by atoms with Crippen LogP contribution in [0, 0.1) is 0 Å². The lowest BCUT2D eigenvalue weighted by atomic mass is 10.2. The van der Waals surface area contributed by atoms with Gasteiger partial charge in [0.15, 0.2) is 0 Å². The summed E-state index contributed by atoms with van der Waals surface area (Å²) in [5.41, 5.74) is 0.345. The average molecular weight is 303 g/mol. The van der Waals surface area contributed by atoms with Gasteiger partial charge in [-0.25, -0.2) is 0 Å². The minimum absolute atomic E-state index is 0.00367. The topological polar surface area (TPSA) is 41.6 Å². The molecule has 1 aromatic carbocycles. The lowest BCUT2D eigenvalue weighted by Gasteiger charge is -2.28. The summed E-state index contributed by atoms with van der Waals surface area (Å²) in [4.78, 5) is 13.9. The molecule has 1 saturated heterocycles. The second-order valence-corrected chi connectivity index (χ2v) is 5.29. The summed E-state index contributed by atoms with van der Waals surface area (Å²) in [6, 6.07) is 5.04. The molecule has 4 nitrogen and oxygen atoms in total. The number of carbonyl (C=O) groups excluding carboxylic acids is 1. The van der Waals surface area contributed by atoms with Crippen molar-refractivity contribution in [3.8, 4) is 0 Å². The van der Waals surface area contributed by atoms with E-state index >= 15 is 0 Å². The third-order valence-corrected chi connectivity index (χ3v) is 3.64. The number of rotatable bonds is 3. The van der Waals surface area contributed by atoms with Crippen molar-refractivity contribution in [2.75, 3.05) is 33.3 Å². The molecular formula is C13H16Cl2N2O2. The third-order valence-electron chi connectivity index (χ3n) is 3.01. The molecule has 0 radical (unpaired) electrons. The summed E-state index contributed by atoms with van der Waals surface area (Å²) in [5, 5.41) is 3.96. The molecule has 0 spiro atoms. The first kappa shape index (κ1) is 14.6. The van der Waals surface area contributed by atoms with Gasteiger partial charge in [-0.2, -0.15) is 0 Å². The Bertz CT molecular complexity index is 442. The van der Waals surface area contributed by atoms with Crippen LogP contribution in [0.25, 0.3) is 0 Å². The molecular weight excluding hydrogens is 287 g/mol. The van der Waals surface area contributed by atoms with Crippen LogP contribution < -0.4 is 5.32 Å². The number of nitrogens with zero attached hydrogens (tertiary/aromatic N) is 1. The van der Waals surface area contributed by atoms with Gasteiger partial charge in [0.25, 0.3) is 5.91 Å². The van der Waals surface area contributed by atoms with Gasteiger partial charge in [0.05, 0.1) is 28.3 Å². The van der Waals surface area contributed by atoms with Crippen LogP contribution in [0.2, 0.25) is 10.0 Å². The van der Waals surface area contributed by atoms with Crippen molar-refractivity contribution in [1.82, 2.24) is 10.2 Å². The van der Waals surface area contributed by atoms with Crippen LogP contribution >= 0.6 is 23.2 Å². The molecule has 1 unspecified atom stereocenters. The van der Waals surface area contributed by atoms with Crippen LogP contribution in [0.15, 0.2) is 18.2 Å². The zero-order chi connectivity index (χ0) is 13.8. The molecule has 1 aliphatic rings. The van der Waals surface area contributed by atoms with Crippen LogP contribution in [0.3, 0.4) is 0 Å². The number of ether oxygens (including phenoxy) is 1. The molecule has 1 aliphatic heterocycles. The maximum absolute atomic E-state index is 12.3. The van der Waals surface area contributed by atoms with Crippen LogP contribution in [-0.4, -0.2) is 50.2 Å². The number of hydrogen-bond acceptors (Lipinski definition) is 3. The van der Waals surface area contributed by atoms with Gasteiger partial charge < -0.3 is 15.0 Å². The van der Waals surface area contributed by atoms with E-state index in [0.717, 1.165) is 13.1 Å². The largest absolute Gasteiger partial charge is 0.374 e. The Hall–Kier alpha value is -0.810. The second kappa shape index (κ2) is 6.57. The van der Waals surface area contributed by atoms with Gasteiger partial charge in [0.2, 0.25) is 0 Å². The predicted molar refractivity (Wildman–Crippen MR) is 76.0 cm³/mol. The van der Waals surface area contributed by atoms with Crippen molar-refractivity contribution >= 4 is 29.1 Å². The number of likely N-dealkylation sites (N-methyl/N-ethyl adjacent to an activating group) is 1. The van der Waals surface area contributed by atoms with E-state index in [4.69, 9.17) is 27.9 Å². The Morgan fingerprint density at radius 3 is 2.74 bits per heavy atom. The third kappa shape index (κ3) is 3.60. The van der Waals surface area contributed by atoms with Crippen LogP contribution in [-0.2, 0) is 4.74 Å². The highest BCUT2D eigenvalue weighted by molar-refractivity contribution is 6.39. The highest BCUT2D eigenvalue weighted by atomic mass is 35.5. The predicted octanol–water partition coefficient (Wildman–Crippen LogP) is 2.05. The summed E-state index contributed by atoms with van der Waals surface area (Å²) >= 11 is 12.1. The summed E-state index contributed by atoms with van der Waals surface area (Å²) in [6.45, 7) is 2.77. The normalized spacial score (nSPS) is 19.2. The van der Waals surface area contributed by atoms with Gasteiger partial charge in [-0.15, -0.1) is 0 Å². The average Bonchev–Trinajstić information content (AvgIpc) is 2.39. The molecule has 0 aliphatic carbocycles. The highest BCUT2D eigenvalue weighted by Crippen LogP contribution is 2.25. The zero-order valence-electron chi connectivity index (χ0n) is 10.7. The molecule has 104 valence electrons. The fourth-order valence-electron chi connectivity index (χ4n) is 2.02. The smallest absolute Gasteiger partial charge is 0.256 e. The Morgan fingerprint density at radius 2 is 2.16 bits per heavy atom. The van der Waals surface area contributed by atoms with Crippen molar-refractivity contribution in [3.63, 3.8) is 0 Å². The molecule has 1 N–H and O–H groups in total. The van der Waals surface area contributed by atoms with Gasteiger partial charge in [-0.05, 0) is 12.1 Å². The molecule has 19 heavy (non-hydrogen) atoms. The Morgan fingerprint density at radius 1 is 1.47 bits per heavy atom. The van der Waals surface area contributed by atoms with E-state index in [0.29, 0.717) is 28.8 Å². The molecule has 1 aromatic rings. The van der Waals surface area contributed by atoms with Crippen LogP contribution in [0.4, 0.5) is 0 Å². The number of carbonyl (C=O) groups is 1. The summed E-state index contributed by atoms with van der Waals surface area (Å²) in [7, 11) is 1.72. The van der Waals surface area contributed by atoms with Gasteiger partial charge in [0.1, 0.15) is 0 Å². The first-order valence-electron chi connectivity index (χ1n) is 6.11. The maximum atomic E-state index is 12.3. The molecule has 1 amide bonds. The second-order valence-electron chi connectivity index (χ2n) is 4.48. The number of amides is 1. The van der Waals surface area contributed by atoms with Gasteiger partial charge in [0, 0.05) is 26.7 Å². The van der Waals surface area contributed by atoms with Crippen molar-refractivity contribution in [1.29, 1.82) is 0 Å². The summed E-state index contributed by atoms with van der Waals surface area (Å²) < 4.78 is 5.57. The molecule has 0 saturated carbocycles. The van der Waals surface area contributed by atoms with Crippen molar-refractivity contribution < 1.29 is 9.53 Å². The molecule has 0 bridgehead atoms. The fourth-order valence-corrected chi connectivity index (χ4v) is 2.58. The number of benzene rings is 1. The Balaban J connectivity index is 2.06. The van der Waals surface area contributed by atoms with E-state index in [2.05, 4.69) is 5.32 Å². The lowest BCUT2D eigenvalue weighted by Crippen LogP contribution is -2.45. The van der Waals surface area contributed by atoms with Crippen molar-refractivity contribution in [2.45, 2.75) is 6.10 Å². The first-order chi connectivity index (χ1) is 9.09. The molecule has 2 rings (SSSR count). The van der Waals surface area contributed by atoms with E-state index in [1.807, 2.05) is 0 Å². The van der Waals surface area contributed by atoms with Gasteiger partial charge in [-0.3, -0.25) is 4.79 Å². The zero-order valence-corrected chi connectivity index (χ0v) is 12.2. The van der Waals surface area contributed by atoms with E-state index in [1.54, 1.807) is 30.1 Å². The number of halogens is 2. The highest BCUT2D eigenvalue weighted by Gasteiger charge is 2.22. The monoisotopic (exact) mass is 302 g/mol. The molecule has 1 atom stereocenters. The Labute approximate surface area is 122 Å². The standard InChI is InChI=1S/C13H16Cl2N2O2/c1-17(8-9-7-16-5-6-19-9)13(18)12-10(14)3-2-4-11(12)15/h2-4,9,16H,5-8H2,1H3. The van der Waals surface area contributed by atoms with Gasteiger partial charge in [-0.1, -0.05) is 29.3 Å². The number of nitrogens with one attached hydrogen (secondary N) is 1. The van der Waals surface area contributed by atoms with E-state index in [-0.39, 0.29) is 12.0 Å². The van der Waals surface area contributed by atoms with Crippen LogP contribution in [0.5, 0.6) is 0 Å². The van der Waals surface area contributed by atoms with E-state index in [9.17, 15) is 4.79 Å². The minimum atomic E-state index is -0.190. The quantitative estimate of drug-likeness (QED) is 0.929. The fraction of sp³-hybridized carbons (Fsp3) is 0.462. The molecule has 1 heterocycles. The summed E-state index contributed by atoms with van der Waals surface area (Å²) in [5.74, 6) is -0.190.